The number of anilines is 3. The quantitative estimate of drug-likeness (QED) is 0.251. The number of hydrogen-bond acceptors (Lipinski definition) is 7. The summed E-state index contributed by atoms with van der Waals surface area (Å²) in [7, 11) is 0. The summed E-state index contributed by atoms with van der Waals surface area (Å²) < 4.78 is 8.87. The lowest BCUT2D eigenvalue weighted by Crippen LogP contribution is -2.36. The van der Waals surface area contributed by atoms with Gasteiger partial charge in [-0.1, -0.05) is 30.2 Å². The molecule has 2 aromatic carbocycles. The molecule has 0 saturated carbocycles. The standard InChI is InChI=1S/C27H26N6O2S/c1-2-3-25(34)30-21-8-4-19(5-9-21)17-36-32-22-10-6-20(7-11-22)24-16-23-26(31-24)28-18-29-27(23)33-12-14-35-15-13-33/h4-11,16,18,32H,12-15,17H2,1H3,(H,30,34)(H,28,29,31). The van der Waals surface area contributed by atoms with Gasteiger partial charge in [0.1, 0.15) is 17.8 Å². The summed E-state index contributed by atoms with van der Waals surface area (Å²) >= 11 is 1.61. The van der Waals surface area contributed by atoms with Crippen molar-refractivity contribution in [1.82, 2.24) is 15.0 Å². The van der Waals surface area contributed by atoms with Gasteiger partial charge in [0, 0.05) is 35.9 Å². The molecule has 0 spiro atoms. The molecule has 2 aromatic heterocycles. The fraction of sp³-hybridized carbons (Fsp3) is 0.222. The molecular formula is C27H26N6O2S. The van der Waals surface area contributed by atoms with Crippen molar-refractivity contribution in [2.45, 2.75) is 12.7 Å². The van der Waals surface area contributed by atoms with Gasteiger partial charge in [-0.3, -0.25) is 4.79 Å². The third-order valence-corrected chi connectivity index (χ3v) is 6.65. The van der Waals surface area contributed by atoms with E-state index in [0.717, 1.165) is 63.9 Å². The molecule has 9 heteroatoms. The van der Waals surface area contributed by atoms with Crippen LogP contribution in [0.15, 0.2) is 60.9 Å². The molecule has 1 aliphatic heterocycles. The first-order chi connectivity index (χ1) is 17.7. The first-order valence-electron chi connectivity index (χ1n) is 11.7. The van der Waals surface area contributed by atoms with Crippen molar-refractivity contribution in [3.8, 4) is 23.1 Å². The number of amides is 1. The number of H-pyrrole nitrogens is 1. The fourth-order valence-corrected chi connectivity index (χ4v) is 4.72. The first-order valence-corrected chi connectivity index (χ1v) is 12.7. The van der Waals surface area contributed by atoms with Crippen LogP contribution in [0, 0.1) is 11.8 Å². The van der Waals surface area contributed by atoms with Gasteiger partial charge in [-0.2, -0.15) is 0 Å². The van der Waals surface area contributed by atoms with Gasteiger partial charge in [0.2, 0.25) is 0 Å². The van der Waals surface area contributed by atoms with Crippen LogP contribution in [0.1, 0.15) is 12.5 Å². The highest BCUT2D eigenvalue weighted by Crippen LogP contribution is 2.30. The van der Waals surface area contributed by atoms with Crippen LogP contribution in [0.4, 0.5) is 17.2 Å². The van der Waals surface area contributed by atoms with Gasteiger partial charge < -0.3 is 24.7 Å². The molecule has 0 radical (unpaired) electrons. The van der Waals surface area contributed by atoms with Crippen LogP contribution in [0.5, 0.6) is 0 Å². The van der Waals surface area contributed by atoms with Crippen LogP contribution in [0.2, 0.25) is 0 Å². The number of ether oxygens (including phenoxy) is 1. The minimum absolute atomic E-state index is 0.303. The summed E-state index contributed by atoms with van der Waals surface area (Å²) in [6.45, 7) is 4.74. The molecule has 0 aliphatic carbocycles. The van der Waals surface area contributed by atoms with E-state index in [1.807, 2.05) is 24.3 Å². The molecule has 0 atom stereocenters. The minimum atomic E-state index is -0.303. The van der Waals surface area contributed by atoms with E-state index in [2.05, 4.69) is 72.1 Å². The summed E-state index contributed by atoms with van der Waals surface area (Å²) in [6, 6.07) is 18.2. The summed E-state index contributed by atoms with van der Waals surface area (Å²) in [6.07, 6.45) is 1.61. The van der Waals surface area contributed by atoms with Crippen molar-refractivity contribution in [3.63, 3.8) is 0 Å². The summed E-state index contributed by atoms with van der Waals surface area (Å²) in [5.74, 6) is 6.49. The Morgan fingerprint density at radius 1 is 1.08 bits per heavy atom. The third-order valence-electron chi connectivity index (χ3n) is 5.79. The molecule has 1 amide bonds. The average Bonchev–Trinajstić information content (AvgIpc) is 3.35. The van der Waals surface area contributed by atoms with Crippen LogP contribution in [0.25, 0.3) is 22.3 Å². The highest BCUT2D eigenvalue weighted by Gasteiger charge is 2.17. The van der Waals surface area contributed by atoms with Crippen LogP contribution in [0.3, 0.4) is 0 Å². The van der Waals surface area contributed by atoms with Gasteiger partial charge in [0.25, 0.3) is 5.91 Å². The Morgan fingerprint density at radius 3 is 2.58 bits per heavy atom. The van der Waals surface area contributed by atoms with Gasteiger partial charge >= 0.3 is 0 Å². The van der Waals surface area contributed by atoms with E-state index < -0.39 is 0 Å². The minimum Gasteiger partial charge on any atom is -0.378 e. The summed E-state index contributed by atoms with van der Waals surface area (Å²) in [5.41, 5.74) is 5.84. The second-order valence-corrected chi connectivity index (χ2v) is 9.02. The Labute approximate surface area is 214 Å². The SMILES string of the molecule is CC#CC(=O)Nc1ccc(CSNc2ccc(-c3cc4c(N5CCOCC5)ncnc4[nH]3)cc2)cc1. The Hall–Kier alpha value is -4.00. The van der Waals surface area contributed by atoms with Crippen LogP contribution < -0.4 is 14.9 Å². The second kappa shape index (κ2) is 11.2. The third kappa shape index (κ3) is 5.62. The number of aromatic amines is 1. The van der Waals surface area contributed by atoms with Crippen molar-refractivity contribution in [3.05, 3.63) is 66.5 Å². The maximum absolute atomic E-state index is 11.6. The fourth-order valence-electron chi connectivity index (χ4n) is 3.99. The van der Waals surface area contributed by atoms with Gasteiger partial charge in [-0.15, -0.1) is 0 Å². The Morgan fingerprint density at radius 2 is 1.83 bits per heavy atom. The van der Waals surface area contributed by atoms with Gasteiger partial charge in [0.05, 0.1) is 18.6 Å². The molecule has 5 rings (SSSR count). The summed E-state index contributed by atoms with van der Waals surface area (Å²) in [5, 5.41) is 3.77. The Bertz CT molecular complexity index is 1400. The maximum atomic E-state index is 11.6. The number of nitrogens with one attached hydrogen (secondary N) is 3. The number of fused-ring (bicyclic) bond motifs is 1. The molecule has 1 saturated heterocycles. The van der Waals surface area contributed by atoms with E-state index in [1.54, 1.807) is 25.2 Å². The molecule has 3 N–H and O–H groups in total. The molecule has 8 nitrogen and oxygen atoms in total. The number of benzene rings is 2. The van der Waals surface area contributed by atoms with Crippen LogP contribution in [-0.4, -0.2) is 47.2 Å². The van der Waals surface area contributed by atoms with Crippen molar-refractivity contribution in [2.24, 2.45) is 0 Å². The van der Waals surface area contributed by atoms with Crippen LogP contribution >= 0.6 is 11.9 Å². The smallest absolute Gasteiger partial charge is 0.300 e. The molecule has 1 fully saturated rings. The number of aromatic nitrogens is 3. The highest BCUT2D eigenvalue weighted by atomic mass is 32.2. The normalized spacial score (nSPS) is 13.2. The molecule has 0 unspecified atom stereocenters. The largest absolute Gasteiger partial charge is 0.378 e. The number of carbonyl (C=O) groups is 1. The number of rotatable bonds is 7. The van der Waals surface area contributed by atoms with E-state index in [1.165, 1.54) is 0 Å². The lowest BCUT2D eigenvalue weighted by Gasteiger charge is -2.27. The highest BCUT2D eigenvalue weighted by molar-refractivity contribution is 7.99. The monoisotopic (exact) mass is 498 g/mol. The van der Waals surface area contributed by atoms with Gasteiger partial charge in [-0.25, -0.2) is 9.97 Å². The molecule has 1 aliphatic rings. The van der Waals surface area contributed by atoms with Crippen molar-refractivity contribution in [2.75, 3.05) is 41.2 Å². The topological polar surface area (TPSA) is 95.2 Å². The van der Waals surface area contributed by atoms with E-state index >= 15 is 0 Å². The van der Waals surface area contributed by atoms with E-state index in [0.29, 0.717) is 13.2 Å². The lowest BCUT2D eigenvalue weighted by molar-refractivity contribution is -0.111. The number of nitrogens with zero attached hydrogens (tertiary/aromatic N) is 3. The van der Waals surface area contributed by atoms with Crippen LogP contribution in [-0.2, 0) is 15.3 Å². The van der Waals surface area contributed by atoms with Crippen molar-refractivity contribution in [1.29, 1.82) is 0 Å². The number of carbonyl (C=O) groups excluding carboxylic acids is 1. The molecule has 0 bridgehead atoms. The van der Waals surface area contributed by atoms with Gasteiger partial charge in [0.15, 0.2) is 0 Å². The molecule has 4 aromatic rings. The Balaban J connectivity index is 1.19. The lowest BCUT2D eigenvalue weighted by atomic mass is 10.1. The van der Waals surface area contributed by atoms with E-state index in [4.69, 9.17) is 4.74 Å². The van der Waals surface area contributed by atoms with Crippen molar-refractivity contribution < 1.29 is 9.53 Å². The zero-order chi connectivity index (χ0) is 24.7. The molecule has 3 heterocycles. The molecule has 36 heavy (non-hydrogen) atoms. The van der Waals surface area contributed by atoms with Gasteiger partial charge in [-0.05, 0) is 66.3 Å². The molecular weight excluding hydrogens is 472 g/mol. The Kier molecular flexibility index (Phi) is 7.36. The van der Waals surface area contributed by atoms with Crippen molar-refractivity contribution >= 4 is 46.1 Å². The first kappa shape index (κ1) is 23.7. The number of morpholine rings is 1. The zero-order valence-corrected chi connectivity index (χ0v) is 20.7. The maximum Gasteiger partial charge on any atom is 0.300 e. The van der Waals surface area contributed by atoms with E-state index in [9.17, 15) is 4.79 Å². The molecule has 182 valence electrons. The predicted octanol–water partition coefficient (Wildman–Crippen LogP) is 4.68. The number of hydrogen-bond donors (Lipinski definition) is 3. The zero-order valence-electron chi connectivity index (χ0n) is 19.9. The average molecular weight is 499 g/mol. The second-order valence-electron chi connectivity index (χ2n) is 8.24. The summed E-state index contributed by atoms with van der Waals surface area (Å²) in [4.78, 5) is 26.2. The van der Waals surface area contributed by atoms with E-state index in [-0.39, 0.29) is 5.91 Å². The predicted molar refractivity (Wildman–Crippen MR) is 146 cm³/mol.